The summed E-state index contributed by atoms with van der Waals surface area (Å²) in [5, 5.41) is 0. The van der Waals surface area contributed by atoms with E-state index in [0.717, 1.165) is 5.92 Å². The molecule has 0 atom stereocenters. The summed E-state index contributed by atoms with van der Waals surface area (Å²) in [7, 11) is 0. The van der Waals surface area contributed by atoms with Crippen molar-refractivity contribution in [3.8, 4) is 0 Å². The SMILES string of the molecule is C.C.C.CC(C)C.CCC.CCCC. The monoisotopic (exact) mass is 208 g/mol. The van der Waals surface area contributed by atoms with Crippen LogP contribution in [0.25, 0.3) is 0 Å². The fraction of sp³-hybridized carbons (Fsp3) is 1.00. The van der Waals surface area contributed by atoms with Crippen LogP contribution in [0.3, 0.4) is 0 Å². The van der Waals surface area contributed by atoms with Crippen molar-refractivity contribution in [3.63, 3.8) is 0 Å². The van der Waals surface area contributed by atoms with Crippen molar-refractivity contribution in [2.75, 3.05) is 0 Å². The molecule has 0 aromatic rings. The second kappa shape index (κ2) is 52.0. The van der Waals surface area contributed by atoms with Crippen molar-refractivity contribution in [1.82, 2.24) is 0 Å². The van der Waals surface area contributed by atoms with Gasteiger partial charge in [0.1, 0.15) is 0 Å². The quantitative estimate of drug-likeness (QED) is 0.445. The van der Waals surface area contributed by atoms with Crippen molar-refractivity contribution in [1.29, 1.82) is 0 Å². The fourth-order valence-corrected chi connectivity index (χ4v) is 0. The van der Waals surface area contributed by atoms with Crippen LogP contribution in [0.4, 0.5) is 0 Å². The van der Waals surface area contributed by atoms with Crippen molar-refractivity contribution >= 4 is 0 Å². The van der Waals surface area contributed by atoms with Crippen molar-refractivity contribution in [2.24, 2.45) is 5.92 Å². The molecule has 0 aromatic heterocycles. The van der Waals surface area contributed by atoms with E-state index >= 15 is 0 Å². The molecule has 0 fully saturated rings. The summed E-state index contributed by atoms with van der Waals surface area (Å²) in [6, 6.07) is 0. The maximum absolute atomic E-state index is 2.18. The highest BCUT2D eigenvalue weighted by Gasteiger charge is 1.68. The Morgan fingerprint density at radius 3 is 0.714 bits per heavy atom. The minimum Gasteiger partial charge on any atom is -0.0776 e. The van der Waals surface area contributed by atoms with Crippen LogP contribution in [0.2, 0.25) is 0 Å². The summed E-state index contributed by atoms with van der Waals surface area (Å²) >= 11 is 0. The van der Waals surface area contributed by atoms with E-state index in [1.807, 2.05) is 0 Å². The minimum atomic E-state index is 0. The van der Waals surface area contributed by atoms with Gasteiger partial charge in [0, 0.05) is 0 Å². The van der Waals surface area contributed by atoms with Gasteiger partial charge in [0.25, 0.3) is 0 Å². The number of hydrogen-bond donors (Lipinski definition) is 0. The molecule has 0 aliphatic carbocycles. The molecule has 0 rings (SSSR count). The summed E-state index contributed by atoms with van der Waals surface area (Å²) in [5.41, 5.74) is 0. The molecule has 0 saturated carbocycles. The van der Waals surface area contributed by atoms with Gasteiger partial charge in [-0.1, -0.05) is 90.0 Å². The van der Waals surface area contributed by atoms with Gasteiger partial charge in [-0.3, -0.25) is 0 Å². The van der Waals surface area contributed by atoms with E-state index in [1.54, 1.807) is 0 Å². The lowest BCUT2D eigenvalue weighted by Crippen LogP contribution is -1.66. The lowest BCUT2D eigenvalue weighted by atomic mass is 10.3. The van der Waals surface area contributed by atoms with Gasteiger partial charge in [0.2, 0.25) is 0 Å². The van der Waals surface area contributed by atoms with Gasteiger partial charge >= 0.3 is 0 Å². The fourth-order valence-electron chi connectivity index (χ4n) is 0. The zero-order valence-electron chi connectivity index (χ0n) is 9.70. The van der Waals surface area contributed by atoms with Gasteiger partial charge < -0.3 is 0 Å². The van der Waals surface area contributed by atoms with Crippen molar-refractivity contribution in [3.05, 3.63) is 0 Å². The molecule has 0 spiro atoms. The summed E-state index contributed by atoms with van der Waals surface area (Å²) in [4.78, 5) is 0. The van der Waals surface area contributed by atoms with Crippen molar-refractivity contribution in [2.45, 2.75) is 90.0 Å². The first-order chi connectivity index (χ1) is 5.06. The Morgan fingerprint density at radius 2 is 0.714 bits per heavy atom. The molecule has 0 N–H and O–H groups in total. The Kier molecular flexibility index (Phi) is 137. The molecule has 0 aliphatic heterocycles. The number of unbranched alkanes of at least 4 members (excludes halogenated alkanes) is 1. The molecule has 0 heteroatoms. The summed E-state index contributed by atoms with van der Waals surface area (Å²) in [6.07, 6.45) is 3.89. The maximum Gasteiger partial charge on any atom is -0.0500 e. The molecular formula is C14H40. The predicted molar refractivity (Wildman–Crippen MR) is 77.3 cm³/mol. The summed E-state index contributed by atoms with van der Waals surface area (Å²) < 4.78 is 0. The second-order valence-electron chi connectivity index (χ2n) is 3.44. The average molecular weight is 208 g/mol. The average Bonchev–Trinajstić information content (AvgIpc) is 1.88. The first-order valence-corrected chi connectivity index (χ1v) is 5.06. The van der Waals surface area contributed by atoms with Crippen molar-refractivity contribution < 1.29 is 0 Å². The third kappa shape index (κ3) is 1450. The molecule has 0 nitrogen and oxygen atoms in total. The largest absolute Gasteiger partial charge is 0.0776 e. The van der Waals surface area contributed by atoms with Gasteiger partial charge in [0.05, 0.1) is 0 Å². The molecule has 0 saturated heterocycles. The minimum absolute atomic E-state index is 0. The molecule has 0 aliphatic rings. The lowest BCUT2D eigenvalue weighted by Gasteiger charge is -1.79. The maximum atomic E-state index is 2.18. The lowest BCUT2D eigenvalue weighted by molar-refractivity contribution is 0.737. The topological polar surface area (TPSA) is 0 Å². The molecule has 0 bridgehead atoms. The highest BCUT2D eigenvalue weighted by Crippen LogP contribution is 1.81. The molecule has 0 amide bonds. The van der Waals surface area contributed by atoms with E-state index < -0.39 is 0 Å². The molecule has 96 valence electrons. The Bertz CT molecular complexity index is 24.3. The summed E-state index contributed by atoms with van der Waals surface area (Å²) in [5.74, 6) is 0.833. The van der Waals surface area contributed by atoms with Crippen LogP contribution in [0.15, 0.2) is 0 Å². The van der Waals surface area contributed by atoms with E-state index in [9.17, 15) is 0 Å². The Balaban J connectivity index is -0.0000000156. The van der Waals surface area contributed by atoms with Crippen LogP contribution < -0.4 is 0 Å². The molecule has 0 heterocycles. The first-order valence-electron chi connectivity index (χ1n) is 5.06. The van der Waals surface area contributed by atoms with Gasteiger partial charge in [-0.15, -0.1) is 0 Å². The van der Waals surface area contributed by atoms with Gasteiger partial charge in [-0.2, -0.15) is 0 Å². The molecule has 0 unspecified atom stereocenters. The predicted octanol–water partition coefficient (Wildman–Crippen LogP) is 6.79. The normalized spacial score (nSPS) is 6.00. The third-order valence-corrected chi connectivity index (χ3v) is 0.500. The van der Waals surface area contributed by atoms with Crippen LogP contribution in [-0.4, -0.2) is 0 Å². The molecule has 0 aromatic carbocycles. The van der Waals surface area contributed by atoms with Crippen LogP contribution in [-0.2, 0) is 0 Å². The van der Waals surface area contributed by atoms with Crippen LogP contribution in [0.1, 0.15) is 90.0 Å². The highest BCUT2D eigenvalue weighted by molar-refractivity contribution is 4.20. The zero-order chi connectivity index (χ0) is 9.70. The van der Waals surface area contributed by atoms with Crippen LogP contribution >= 0.6 is 0 Å². The van der Waals surface area contributed by atoms with Crippen LogP contribution in [0.5, 0.6) is 0 Å². The summed E-state index contributed by atoms with van der Waals surface area (Å²) in [6.45, 7) is 15.1. The molecular weight excluding hydrogens is 168 g/mol. The number of hydrogen-bond acceptors (Lipinski definition) is 0. The van der Waals surface area contributed by atoms with E-state index in [1.165, 1.54) is 19.3 Å². The first kappa shape index (κ1) is 37.0. The van der Waals surface area contributed by atoms with Gasteiger partial charge in [-0.05, 0) is 5.92 Å². The van der Waals surface area contributed by atoms with Gasteiger partial charge in [-0.25, -0.2) is 0 Å². The smallest absolute Gasteiger partial charge is 0.0500 e. The van der Waals surface area contributed by atoms with Crippen LogP contribution in [0, 0.1) is 5.92 Å². The van der Waals surface area contributed by atoms with E-state index in [-0.39, 0.29) is 22.3 Å². The van der Waals surface area contributed by atoms with E-state index in [4.69, 9.17) is 0 Å². The molecule has 14 heavy (non-hydrogen) atoms. The third-order valence-electron chi connectivity index (χ3n) is 0.500. The van der Waals surface area contributed by atoms with E-state index in [2.05, 4.69) is 48.5 Å². The number of rotatable bonds is 1. The van der Waals surface area contributed by atoms with Gasteiger partial charge in [0.15, 0.2) is 0 Å². The van der Waals surface area contributed by atoms with E-state index in [0.29, 0.717) is 0 Å². The Labute approximate surface area is 96.5 Å². The standard InChI is InChI=1S/2C4H10.C3H8.3CH4/c1-4(2)3;1-3-4-2;1-3-2;;;/h4H,1-3H3;3-4H2,1-2H3;3H2,1-2H3;3*1H4. The molecule has 0 radical (unpaired) electrons. The highest BCUT2D eigenvalue weighted by atomic mass is 13.7. The Hall–Kier alpha value is 0. The zero-order valence-corrected chi connectivity index (χ0v) is 9.70. The Morgan fingerprint density at radius 1 is 0.643 bits per heavy atom. The second-order valence-corrected chi connectivity index (χ2v) is 3.44.